The Bertz CT molecular complexity index is 394. The Balaban J connectivity index is 3.20. The standard InChI is InChI=1S/C10H13F6N3/c1-3-17-7(6-4-5-19(2)18-6)8(9(11,12)13)10(14,15)16/h4-5,7-8,17H,3H2,1-2H3. The zero-order valence-corrected chi connectivity index (χ0v) is 10.2. The molecule has 1 aromatic heterocycles. The summed E-state index contributed by atoms with van der Waals surface area (Å²) in [5.74, 6) is -3.49. The summed E-state index contributed by atoms with van der Waals surface area (Å²) in [6, 6.07) is -0.816. The SMILES string of the molecule is CCNC(c1ccn(C)n1)C(C(F)(F)F)C(F)(F)F. The van der Waals surface area contributed by atoms with Gasteiger partial charge in [0.15, 0.2) is 5.92 Å². The quantitative estimate of drug-likeness (QED) is 0.864. The molecule has 0 fully saturated rings. The second-order valence-corrected chi connectivity index (χ2v) is 4.01. The highest BCUT2D eigenvalue weighted by atomic mass is 19.4. The molecule has 1 atom stereocenters. The molecule has 3 nitrogen and oxygen atoms in total. The maximum absolute atomic E-state index is 12.7. The van der Waals surface area contributed by atoms with E-state index in [2.05, 4.69) is 10.4 Å². The number of alkyl halides is 6. The lowest BCUT2D eigenvalue weighted by Crippen LogP contribution is -2.46. The molecule has 1 unspecified atom stereocenters. The highest BCUT2D eigenvalue weighted by Crippen LogP contribution is 2.46. The van der Waals surface area contributed by atoms with Crippen LogP contribution >= 0.6 is 0 Å². The van der Waals surface area contributed by atoms with Crippen molar-refractivity contribution in [2.45, 2.75) is 25.3 Å². The molecule has 0 bridgehead atoms. The summed E-state index contributed by atoms with van der Waals surface area (Å²) >= 11 is 0. The first-order chi connectivity index (χ1) is 8.57. The summed E-state index contributed by atoms with van der Waals surface area (Å²) in [6.45, 7) is 1.39. The van der Waals surface area contributed by atoms with Crippen LogP contribution in [-0.4, -0.2) is 28.7 Å². The van der Waals surface area contributed by atoms with Crippen molar-refractivity contribution in [1.82, 2.24) is 15.1 Å². The Hall–Kier alpha value is -1.25. The molecule has 0 aromatic carbocycles. The van der Waals surface area contributed by atoms with Gasteiger partial charge < -0.3 is 5.32 Å². The van der Waals surface area contributed by atoms with E-state index in [0.29, 0.717) is 0 Å². The van der Waals surface area contributed by atoms with Crippen molar-refractivity contribution in [2.75, 3.05) is 6.54 Å². The van der Waals surface area contributed by atoms with E-state index in [0.717, 1.165) is 10.7 Å². The van der Waals surface area contributed by atoms with Gasteiger partial charge in [0.25, 0.3) is 0 Å². The molecule has 0 radical (unpaired) electrons. The maximum atomic E-state index is 12.7. The number of nitrogens with zero attached hydrogens (tertiary/aromatic N) is 2. The van der Waals surface area contributed by atoms with Crippen LogP contribution in [0, 0.1) is 5.92 Å². The van der Waals surface area contributed by atoms with Crippen molar-refractivity contribution < 1.29 is 26.3 Å². The van der Waals surface area contributed by atoms with Crippen molar-refractivity contribution in [3.05, 3.63) is 18.0 Å². The molecule has 1 N–H and O–H groups in total. The first-order valence-electron chi connectivity index (χ1n) is 5.43. The van der Waals surface area contributed by atoms with E-state index in [9.17, 15) is 26.3 Å². The van der Waals surface area contributed by atoms with Crippen molar-refractivity contribution in [3.8, 4) is 0 Å². The molecule has 0 aliphatic carbocycles. The van der Waals surface area contributed by atoms with Gasteiger partial charge in [-0.15, -0.1) is 0 Å². The second kappa shape index (κ2) is 5.40. The Kier molecular flexibility index (Phi) is 4.49. The van der Waals surface area contributed by atoms with Gasteiger partial charge in [0.2, 0.25) is 0 Å². The first kappa shape index (κ1) is 15.8. The molecular weight excluding hydrogens is 276 g/mol. The summed E-state index contributed by atoms with van der Waals surface area (Å²) in [5, 5.41) is 5.84. The van der Waals surface area contributed by atoms with Crippen LogP contribution < -0.4 is 5.32 Å². The molecule has 0 spiro atoms. The van der Waals surface area contributed by atoms with E-state index in [1.165, 1.54) is 20.2 Å². The fraction of sp³-hybridized carbons (Fsp3) is 0.700. The van der Waals surface area contributed by atoms with Crippen LogP contribution in [-0.2, 0) is 7.05 Å². The summed E-state index contributed by atoms with van der Waals surface area (Å²) in [5.41, 5.74) is -0.288. The topological polar surface area (TPSA) is 29.9 Å². The van der Waals surface area contributed by atoms with Crippen LogP contribution in [0.2, 0.25) is 0 Å². The number of halogens is 6. The molecule has 9 heteroatoms. The fourth-order valence-corrected chi connectivity index (χ4v) is 1.78. The lowest BCUT2D eigenvalue weighted by Gasteiger charge is -2.30. The number of hydrogen-bond acceptors (Lipinski definition) is 2. The minimum atomic E-state index is -5.40. The average Bonchev–Trinajstić information content (AvgIpc) is 2.59. The summed E-state index contributed by atoms with van der Waals surface area (Å²) < 4.78 is 77.3. The Morgan fingerprint density at radius 1 is 1.21 bits per heavy atom. The highest BCUT2D eigenvalue weighted by molar-refractivity contribution is 5.09. The molecule has 0 amide bonds. The van der Waals surface area contributed by atoms with Crippen molar-refractivity contribution >= 4 is 0 Å². The second-order valence-electron chi connectivity index (χ2n) is 4.01. The lowest BCUT2D eigenvalue weighted by molar-refractivity contribution is -0.293. The number of nitrogens with one attached hydrogen (secondary N) is 1. The van der Waals surface area contributed by atoms with E-state index < -0.39 is 24.3 Å². The molecule has 0 saturated carbocycles. The molecule has 19 heavy (non-hydrogen) atoms. The number of aromatic nitrogens is 2. The van der Waals surface area contributed by atoms with Crippen LogP contribution in [0.4, 0.5) is 26.3 Å². The fourth-order valence-electron chi connectivity index (χ4n) is 1.78. The normalized spacial score (nSPS) is 15.0. The van der Waals surface area contributed by atoms with Gasteiger partial charge in [-0.25, -0.2) is 0 Å². The number of rotatable bonds is 4. The summed E-state index contributed by atoms with van der Waals surface area (Å²) in [7, 11) is 1.42. The maximum Gasteiger partial charge on any atom is 0.402 e. The van der Waals surface area contributed by atoms with E-state index in [-0.39, 0.29) is 12.2 Å². The van der Waals surface area contributed by atoms with Crippen LogP contribution in [0.3, 0.4) is 0 Å². The molecule has 0 aliphatic heterocycles. The predicted octanol–water partition coefficient (Wildman–Crippen LogP) is 2.81. The predicted molar refractivity (Wildman–Crippen MR) is 55.2 cm³/mol. The van der Waals surface area contributed by atoms with Crippen molar-refractivity contribution in [1.29, 1.82) is 0 Å². The van der Waals surface area contributed by atoms with E-state index >= 15 is 0 Å². The third-order valence-electron chi connectivity index (χ3n) is 2.52. The zero-order valence-electron chi connectivity index (χ0n) is 10.2. The van der Waals surface area contributed by atoms with Crippen molar-refractivity contribution in [2.24, 2.45) is 13.0 Å². The monoisotopic (exact) mass is 289 g/mol. The minimum Gasteiger partial charge on any atom is -0.308 e. The lowest BCUT2D eigenvalue weighted by atomic mass is 9.95. The van der Waals surface area contributed by atoms with Crippen LogP contribution in [0.15, 0.2) is 12.3 Å². The summed E-state index contributed by atoms with van der Waals surface area (Å²) in [4.78, 5) is 0. The van der Waals surface area contributed by atoms with Crippen molar-refractivity contribution in [3.63, 3.8) is 0 Å². The number of aryl methyl sites for hydroxylation is 1. The van der Waals surface area contributed by atoms with E-state index in [1.807, 2.05) is 0 Å². The Morgan fingerprint density at radius 3 is 2.05 bits per heavy atom. The van der Waals surface area contributed by atoms with E-state index in [1.54, 1.807) is 0 Å². The highest BCUT2D eigenvalue weighted by Gasteiger charge is 2.60. The third kappa shape index (κ3) is 3.85. The summed E-state index contributed by atoms with van der Waals surface area (Å²) in [6.07, 6.45) is -9.51. The van der Waals surface area contributed by atoms with Crippen LogP contribution in [0.5, 0.6) is 0 Å². The minimum absolute atomic E-state index is 0.0378. The molecule has 1 rings (SSSR count). The van der Waals surface area contributed by atoms with Crippen LogP contribution in [0.25, 0.3) is 0 Å². The van der Waals surface area contributed by atoms with Gasteiger partial charge in [0.1, 0.15) is 0 Å². The largest absolute Gasteiger partial charge is 0.402 e. The van der Waals surface area contributed by atoms with Gasteiger partial charge >= 0.3 is 12.4 Å². The van der Waals surface area contributed by atoms with Crippen LogP contribution in [0.1, 0.15) is 18.7 Å². The molecule has 1 heterocycles. The molecule has 1 aromatic rings. The molecule has 110 valence electrons. The van der Waals surface area contributed by atoms with Gasteiger partial charge in [-0.2, -0.15) is 31.4 Å². The van der Waals surface area contributed by atoms with E-state index in [4.69, 9.17) is 0 Å². The molecule has 0 aliphatic rings. The van der Waals surface area contributed by atoms with Gasteiger partial charge in [-0.1, -0.05) is 6.92 Å². The smallest absolute Gasteiger partial charge is 0.308 e. The number of hydrogen-bond donors (Lipinski definition) is 1. The molecular formula is C10H13F6N3. The van der Waals surface area contributed by atoms with Gasteiger partial charge in [-0.3, -0.25) is 4.68 Å². The Labute approximate surface area is 105 Å². The first-order valence-corrected chi connectivity index (χ1v) is 5.43. The van der Waals surface area contributed by atoms with Gasteiger partial charge in [-0.05, 0) is 12.6 Å². The zero-order chi connectivity index (χ0) is 14.8. The average molecular weight is 289 g/mol. The third-order valence-corrected chi connectivity index (χ3v) is 2.52. The van der Waals surface area contributed by atoms with Gasteiger partial charge in [0, 0.05) is 13.2 Å². The molecule has 0 saturated heterocycles. The Morgan fingerprint density at radius 2 is 1.74 bits per heavy atom. The van der Waals surface area contributed by atoms with Gasteiger partial charge in [0.05, 0.1) is 11.7 Å².